The average Bonchev–Trinajstić information content (AvgIpc) is 2.42. The molecule has 21 heavy (non-hydrogen) atoms. The Morgan fingerprint density at radius 2 is 1.90 bits per heavy atom. The van der Waals surface area contributed by atoms with E-state index in [-0.39, 0.29) is 6.04 Å². The maximum atomic E-state index is 13.8. The van der Waals surface area contributed by atoms with E-state index in [0.29, 0.717) is 22.0 Å². The first kappa shape index (κ1) is 15.6. The Kier molecular flexibility index (Phi) is 4.68. The molecule has 0 fully saturated rings. The second-order valence-corrected chi connectivity index (χ2v) is 5.24. The molecule has 0 bridgehead atoms. The molecular weight excluding hydrogens is 296 g/mol. The van der Waals surface area contributed by atoms with Crippen LogP contribution in [0.25, 0.3) is 0 Å². The smallest absolute Gasteiger partial charge is 0.143 e. The number of halogens is 3. The lowest BCUT2D eigenvalue weighted by Crippen LogP contribution is -2.10. The zero-order valence-corrected chi connectivity index (χ0v) is 12.8. The Morgan fingerprint density at radius 1 is 1.19 bits per heavy atom. The Balaban J connectivity index is 2.31. The summed E-state index contributed by atoms with van der Waals surface area (Å²) in [7, 11) is 1.54. The van der Waals surface area contributed by atoms with E-state index < -0.39 is 11.6 Å². The zero-order valence-electron chi connectivity index (χ0n) is 12.0. The van der Waals surface area contributed by atoms with Crippen molar-refractivity contribution >= 4 is 17.3 Å². The number of nitrogens with one attached hydrogen (secondary N) is 1. The molecule has 0 aromatic heterocycles. The molecular formula is C16H16ClF2NO. The van der Waals surface area contributed by atoms with Crippen LogP contribution in [0.5, 0.6) is 5.75 Å². The lowest BCUT2D eigenvalue weighted by Gasteiger charge is -2.19. The molecule has 0 amide bonds. The van der Waals surface area contributed by atoms with Crippen LogP contribution in [-0.4, -0.2) is 7.11 Å². The van der Waals surface area contributed by atoms with Gasteiger partial charge >= 0.3 is 0 Å². The van der Waals surface area contributed by atoms with Gasteiger partial charge in [-0.15, -0.1) is 0 Å². The molecule has 0 aliphatic carbocycles. The molecule has 1 N–H and O–H groups in total. The fourth-order valence-electron chi connectivity index (χ4n) is 2.11. The maximum Gasteiger partial charge on any atom is 0.143 e. The molecule has 112 valence electrons. The van der Waals surface area contributed by atoms with E-state index in [1.165, 1.54) is 19.2 Å². The SMILES string of the molecule is COc1cc(Cl)c(C)cc1NC(C)c1ccc(F)cc1F. The average molecular weight is 312 g/mol. The third-order valence-corrected chi connectivity index (χ3v) is 3.69. The van der Waals surface area contributed by atoms with Crippen LogP contribution in [0.3, 0.4) is 0 Å². The Hall–Kier alpha value is -1.81. The minimum Gasteiger partial charge on any atom is -0.495 e. The predicted octanol–water partition coefficient (Wildman–Crippen LogP) is 5.11. The highest BCUT2D eigenvalue weighted by Gasteiger charge is 2.14. The number of anilines is 1. The van der Waals surface area contributed by atoms with Crippen molar-refractivity contribution in [2.24, 2.45) is 0 Å². The maximum absolute atomic E-state index is 13.8. The van der Waals surface area contributed by atoms with Gasteiger partial charge in [0.2, 0.25) is 0 Å². The molecule has 0 radical (unpaired) electrons. The number of hydrogen-bond donors (Lipinski definition) is 1. The Bertz CT molecular complexity index is 661. The van der Waals surface area contributed by atoms with Gasteiger partial charge in [-0.25, -0.2) is 8.78 Å². The van der Waals surface area contributed by atoms with Gasteiger partial charge in [0.05, 0.1) is 18.8 Å². The van der Waals surface area contributed by atoms with Gasteiger partial charge in [-0.3, -0.25) is 0 Å². The molecule has 0 spiro atoms. The van der Waals surface area contributed by atoms with E-state index in [0.717, 1.165) is 11.6 Å². The van der Waals surface area contributed by atoms with E-state index in [9.17, 15) is 8.78 Å². The number of benzene rings is 2. The van der Waals surface area contributed by atoms with Gasteiger partial charge in [-0.1, -0.05) is 17.7 Å². The molecule has 0 saturated heterocycles. The second-order valence-electron chi connectivity index (χ2n) is 4.83. The van der Waals surface area contributed by atoms with Gasteiger partial charge in [0, 0.05) is 22.7 Å². The van der Waals surface area contributed by atoms with Crippen molar-refractivity contribution in [1.29, 1.82) is 0 Å². The fourth-order valence-corrected chi connectivity index (χ4v) is 2.26. The van der Waals surface area contributed by atoms with E-state index in [2.05, 4.69) is 5.32 Å². The number of methoxy groups -OCH3 is 1. The van der Waals surface area contributed by atoms with Crippen LogP contribution in [0, 0.1) is 18.6 Å². The van der Waals surface area contributed by atoms with Crippen LogP contribution in [0.4, 0.5) is 14.5 Å². The van der Waals surface area contributed by atoms with E-state index in [4.69, 9.17) is 16.3 Å². The minimum absolute atomic E-state index is 0.347. The summed E-state index contributed by atoms with van der Waals surface area (Å²) in [6.07, 6.45) is 0. The standard InChI is InChI=1S/C16H16ClF2NO/c1-9-6-15(16(21-3)8-13(9)17)20-10(2)12-5-4-11(18)7-14(12)19/h4-8,10,20H,1-3H3. The van der Waals surface area contributed by atoms with Gasteiger partial charge in [0.25, 0.3) is 0 Å². The van der Waals surface area contributed by atoms with E-state index in [1.807, 2.05) is 13.0 Å². The van der Waals surface area contributed by atoms with Gasteiger partial charge < -0.3 is 10.1 Å². The highest BCUT2D eigenvalue weighted by molar-refractivity contribution is 6.31. The lowest BCUT2D eigenvalue weighted by molar-refractivity contribution is 0.416. The summed E-state index contributed by atoms with van der Waals surface area (Å²) < 4.78 is 32.0. The van der Waals surface area contributed by atoms with Crippen LogP contribution in [0.2, 0.25) is 5.02 Å². The van der Waals surface area contributed by atoms with Crippen molar-refractivity contribution in [1.82, 2.24) is 0 Å². The van der Waals surface area contributed by atoms with Crippen molar-refractivity contribution in [2.45, 2.75) is 19.9 Å². The summed E-state index contributed by atoms with van der Waals surface area (Å²) in [5, 5.41) is 3.76. The largest absolute Gasteiger partial charge is 0.495 e. The number of ether oxygens (including phenoxy) is 1. The Morgan fingerprint density at radius 3 is 2.52 bits per heavy atom. The summed E-state index contributed by atoms with van der Waals surface area (Å²) in [6.45, 7) is 3.66. The van der Waals surface area contributed by atoms with Gasteiger partial charge in [0.15, 0.2) is 0 Å². The van der Waals surface area contributed by atoms with E-state index >= 15 is 0 Å². The van der Waals surface area contributed by atoms with Gasteiger partial charge in [-0.2, -0.15) is 0 Å². The first-order valence-electron chi connectivity index (χ1n) is 6.48. The molecule has 2 aromatic carbocycles. The van der Waals surface area contributed by atoms with Crippen LogP contribution in [0.1, 0.15) is 24.1 Å². The molecule has 2 aromatic rings. The van der Waals surface area contributed by atoms with Crippen LogP contribution >= 0.6 is 11.6 Å². The molecule has 0 heterocycles. The third-order valence-electron chi connectivity index (χ3n) is 3.28. The van der Waals surface area contributed by atoms with Gasteiger partial charge in [-0.05, 0) is 31.5 Å². The summed E-state index contributed by atoms with van der Waals surface area (Å²) in [4.78, 5) is 0. The summed E-state index contributed by atoms with van der Waals surface area (Å²) in [6, 6.07) is 6.72. The zero-order chi connectivity index (χ0) is 15.6. The first-order valence-corrected chi connectivity index (χ1v) is 6.85. The van der Waals surface area contributed by atoms with Gasteiger partial charge in [0.1, 0.15) is 17.4 Å². The lowest BCUT2D eigenvalue weighted by atomic mass is 10.1. The van der Waals surface area contributed by atoms with Crippen molar-refractivity contribution in [3.8, 4) is 5.75 Å². The summed E-state index contributed by atoms with van der Waals surface area (Å²) >= 11 is 6.05. The second kappa shape index (κ2) is 6.31. The van der Waals surface area contributed by atoms with Crippen LogP contribution < -0.4 is 10.1 Å². The predicted molar refractivity (Wildman–Crippen MR) is 81.1 cm³/mol. The highest BCUT2D eigenvalue weighted by atomic mass is 35.5. The molecule has 2 nitrogen and oxygen atoms in total. The molecule has 1 unspecified atom stereocenters. The van der Waals surface area contributed by atoms with Crippen molar-refractivity contribution in [3.63, 3.8) is 0 Å². The topological polar surface area (TPSA) is 21.3 Å². The molecule has 2 rings (SSSR count). The van der Waals surface area contributed by atoms with Crippen molar-refractivity contribution < 1.29 is 13.5 Å². The van der Waals surface area contributed by atoms with Crippen LogP contribution in [-0.2, 0) is 0 Å². The highest BCUT2D eigenvalue weighted by Crippen LogP contribution is 2.33. The third kappa shape index (κ3) is 3.45. The molecule has 1 atom stereocenters. The number of aryl methyl sites for hydroxylation is 1. The van der Waals surface area contributed by atoms with Crippen molar-refractivity contribution in [3.05, 3.63) is 58.1 Å². The molecule has 0 aliphatic rings. The number of rotatable bonds is 4. The minimum atomic E-state index is -0.594. The van der Waals surface area contributed by atoms with Crippen LogP contribution in [0.15, 0.2) is 30.3 Å². The molecule has 5 heteroatoms. The fraction of sp³-hybridized carbons (Fsp3) is 0.250. The quantitative estimate of drug-likeness (QED) is 0.847. The summed E-state index contributed by atoms with van der Waals surface area (Å²) in [5.74, 6) is -0.608. The monoisotopic (exact) mass is 311 g/mol. The molecule has 0 saturated carbocycles. The molecule has 0 aliphatic heterocycles. The summed E-state index contributed by atoms with van der Waals surface area (Å²) in [5.41, 5.74) is 1.97. The first-order chi connectivity index (χ1) is 9.92. The van der Waals surface area contributed by atoms with Crippen molar-refractivity contribution in [2.75, 3.05) is 12.4 Å². The number of hydrogen-bond acceptors (Lipinski definition) is 2. The Labute approximate surface area is 127 Å². The van der Waals surface area contributed by atoms with E-state index in [1.54, 1.807) is 13.0 Å². The normalized spacial score (nSPS) is 12.1.